The highest BCUT2D eigenvalue weighted by atomic mass is 35.5. The molecule has 1 aromatic heterocycles. The number of rotatable bonds is 5. The normalized spacial score (nSPS) is 12.0. The summed E-state index contributed by atoms with van der Waals surface area (Å²) in [6.45, 7) is 9.75. The maximum atomic E-state index is 5.88. The van der Waals surface area contributed by atoms with Crippen LogP contribution in [0.4, 0.5) is 0 Å². The summed E-state index contributed by atoms with van der Waals surface area (Å²) in [5.74, 6) is 1.80. The zero-order chi connectivity index (χ0) is 12.3. The van der Waals surface area contributed by atoms with E-state index in [-0.39, 0.29) is 12.4 Å². The third kappa shape index (κ3) is 5.48. The lowest BCUT2D eigenvalue weighted by molar-refractivity contribution is 0.244. The Labute approximate surface area is 109 Å². The van der Waals surface area contributed by atoms with Gasteiger partial charge in [0.05, 0.1) is 12.1 Å². The maximum Gasteiger partial charge on any atom is 0.240 e. The molecule has 5 nitrogen and oxygen atoms in total. The Hall–Kier alpha value is -0.650. The summed E-state index contributed by atoms with van der Waals surface area (Å²) in [6, 6.07) is 0. The maximum absolute atomic E-state index is 5.88. The predicted octanol–water partition coefficient (Wildman–Crippen LogP) is 1.77. The Morgan fingerprint density at radius 2 is 2.00 bits per heavy atom. The summed E-state index contributed by atoms with van der Waals surface area (Å²) in [5.41, 5.74) is 5.34. The van der Waals surface area contributed by atoms with E-state index in [1.165, 1.54) is 0 Å². The molecule has 0 aliphatic rings. The van der Waals surface area contributed by atoms with Crippen LogP contribution in [0.1, 0.15) is 39.4 Å². The summed E-state index contributed by atoms with van der Waals surface area (Å²) in [6.07, 6.45) is 0. The van der Waals surface area contributed by atoms with Crippen LogP contribution in [0.25, 0.3) is 0 Å². The van der Waals surface area contributed by atoms with Crippen LogP contribution < -0.4 is 5.73 Å². The van der Waals surface area contributed by atoms with E-state index in [0.29, 0.717) is 24.2 Å². The third-order valence-corrected chi connectivity index (χ3v) is 2.13. The number of halogens is 1. The summed E-state index contributed by atoms with van der Waals surface area (Å²) in [5, 5.41) is 3.88. The van der Waals surface area contributed by atoms with E-state index in [9.17, 15) is 0 Å². The lowest BCUT2D eigenvalue weighted by Crippen LogP contribution is -2.30. The van der Waals surface area contributed by atoms with Crippen LogP contribution in [0, 0.1) is 5.92 Å². The SMILES string of the molecule is CC(C)CN(C)Cc1nc(C(C)(C)N)no1.Cl. The molecule has 0 radical (unpaired) electrons. The fraction of sp³-hybridized carbons (Fsp3) is 0.818. The van der Waals surface area contributed by atoms with E-state index < -0.39 is 5.54 Å². The molecular weight excluding hydrogens is 240 g/mol. The molecule has 0 saturated heterocycles. The zero-order valence-corrected chi connectivity index (χ0v) is 12.0. The van der Waals surface area contributed by atoms with Crippen LogP contribution >= 0.6 is 12.4 Å². The largest absolute Gasteiger partial charge is 0.338 e. The molecule has 0 bridgehead atoms. The van der Waals surface area contributed by atoms with Gasteiger partial charge in [-0.1, -0.05) is 19.0 Å². The van der Waals surface area contributed by atoms with Crippen molar-refractivity contribution in [2.24, 2.45) is 11.7 Å². The minimum Gasteiger partial charge on any atom is -0.338 e. The van der Waals surface area contributed by atoms with Gasteiger partial charge in [0.2, 0.25) is 5.89 Å². The molecule has 0 aromatic carbocycles. The Morgan fingerprint density at radius 1 is 1.41 bits per heavy atom. The lowest BCUT2D eigenvalue weighted by Gasteiger charge is -2.16. The van der Waals surface area contributed by atoms with Crippen LogP contribution in [-0.4, -0.2) is 28.6 Å². The Kier molecular flexibility index (Phi) is 6.09. The molecule has 1 rings (SSSR count). The van der Waals surface area contributed by atoms with Crippen LogP contribution in [0.2, 0.25) is 0 Å². The van der Waals surface area contributed by atoms with Crippen LogP contribution in [0.15, 0.2) is 4.52 Å². The van der Waals surface area contributed by atoms with Crippen molar-refractivity contribution in [1.82, 2.24) is 15.0 Å². The van der Waals surface area contributed by atoms with E-state index >= 15 is 0 Å². The Bertz CT molecular complexity index is 332. The lowest BCUT2D eigenvalue weighted by atomic mass is 10.1. The minimum atomic E-state index is -0.543. The number of aromatic nitrogens is 2. The van der Waals surface area contributed by atoms with Crippen molar-refractivity contribution in [2.45, 2.75) is 39.8 Å². The van der Waals surface area contributed by atoms with E-state index in [1.54, 1.807) is 0 Å². The second-order valence-corrected chi connectivity index (χ2v) is 5.32. The van der Waals surface area contributed by atoms with Crippen molar-refractivity contribution in [1.29, 1.82) is 0 Å². The first kappa shape index (κ1) is 16.4. The second kappa shape index (κ2) is 6.33. The number of hydrogen-bond acceptors (Lipinski definition) is 5. The highest BCUT2D eigenvalue weighted by molar-refractivity contribution is 5.85. The van der Waals surface area contributed by atoms with Gasteiger partial charge in [0.1, 0.15) is 0 Å². The van der Waals surface area contributed by atoms with E-state index in [2.05, 4.69) is 28.9 Å². The van der Waals surface area contributed by atoms with E-state index in [4.69, 9.17) is 10.3 Å². The van der Waals surface area contributed by atoms with Gasteiger partial charge >= 0.3 is 0 Å². The van der Waals surface area contributed by atoms with Crippen molar-refractivity contribution in [3.8, 4) is 0 Å². The standard InChI is InChI=1S/C11H22N4O.ClH/c1-8(2)6-15(5)7-9-13-10(14-16-9)11(3,4)12;/h8H,6-7,12H2,1-5H3;1H. The van der Waals surface area contributed by atoms with Gasteiger partial charge in [-0.05, 0) is 26.8 Å². The Balaban J connectivity index is 0.00000256. The molecule has 17 heavy (non-hydrogen) atoms. The molecule has 0 fully saturated rings. The average molecular weight is 263 g/mol. The van der Waals surface area contributed by atoms with Crippen molar-refractivity contribution >= 4 is 12.4 Å². The van der Waals surface area contributed by atoms with Crippen LogP contribution in [-0.2, 0) is 12.1 Å². The number of nitrogens with zero attached hydrogens (tertiary/aromatic N) is 3. The fourth-order valence-electron chi connectivity index (χ4n) is 1.50. The Morgan fingerprint density at radius 3 is 2.41 bits per heavy atom. The quantitative estimate of drug-likeness (QED) is 0.876. The molecule has 0 saturated carbocycles. The third-order valence-electron chi connectivity index (χ3n) is 2.13. The smallest absolute Gasteiger partial charge is 0.240 e. The van der Waals surface area contributed by atoms with Crippen molar-refractivity contribution in [2.75, 3.05) is 13.6 Å². The van der Waals surface area contributed by atoms with Gasteiger partial charge in [-0.25, -0.2) is 0 Å². The summed E-state index contributed by atoms with van der Waals surface area (Å²) < 4.78 is 5.16. The topological polar surface area (TPSA) is 68.2 Å². The summed E-state index contributed by atoms with van der Waals surface area (Å²) in [4.78, 5) is 6.44. The first-order chi connectivity index (χ1) is 7.29. The molecule has 0 aliphatic heterocycles. The molecule has 0 aliphatic carbocycles. The monoisotopic (exact) mass is 262 g/mol. The molecule has 0 unspecified atom stereocenters. The molecule has 100 valence electrons. The zero-order valence-electron chi connectivity index (χ0n) is 11.2. The molecule has 1 aromatic rings. The molecular formula is C11H23ClN4O. The molecule has 0 amide bonds. The van der Waals surface area contributed by atoms with Gasteiger partial charge in [0, 0.05) is 6.54 Å². The van der Waals surface area contributed by atoms with E-state index in [1.807, 2.05) is 20.9 Å². The molecule has 2 N–H and O–H groups in total. The molecule has 0 atom stereocenters. The van der Waals surface area contributed by atoms with Gasteiger partial charge in [-0.3, -0.25) is 4.90 Å². The van der Waals surface area contributed by atoms with E-state index in [0.717, 1.165) is 6.54 Å². The van der Waals surface area contributed by atoms with Crippen molar-refractivity contribution in [3.63, 3.8) is 0 Å². The second-order valence-electron chi connectivity index (χ2n) is 5.32. The van der Waals surface area contributed by atoms with Crippen LogP contribution in [0.3, 0.4) is 0 Å². The first-order valence-corrected chi connectivity index (χ1v) is 5.59. The molecule has 1 heterocycles. The summed E-state index contributed by atoms with van der Waals surface area (Å²) >= 11 is 0. The van der Waals surface area contributed by atoms with Gasteiger partial charge in [0.15, 0.2) is 5.82 Å². The minimum absolute atomic E-state index is 0. The average Bonchev–Trinajstić information content (AvgIpc) is 2.49. The molecule has 6 heteroatoms. The van der Waals surface area contributed by atoms with Gasteiger partial charge in [-0.15, -0.1) is 12.4 Å². The van der Waals surface area contributed by atoms with Crippen molar-refractivity contribution in [3.05, 3.63) is 11.7 Å². The fourth-order valence-corrected chi connectivity index (χ4v) is 1.50. The van der Waals surface area contributed by atoms with Gasteiger partial charge < -0.3 is 10.3 Å². The number of nitrogens with two attached hydrogens (primary N) is 1. The van der Waals surface area contributed by atoms with Crippen molar-refractivity contribution < 1.29 is 4.52 Å². The molecule has 0 spiro atoms. The summed E-state index contributed by atoms with van der Waals surface area (Å²) in [7, 11) is 2.04. The van der Waals surface area contributed by atoms with Crippen LogP contribution in [0.5, 0.6) is 0 Å². The van der Waals surface area contributed by atoms with Gasteiger partial charge in [0.25, 0.3) is 0 Å². The highest BCUT2D eigenvalue weighted by Gasteiger charge is 2.21. The van der Waals surface area contributed by atoms with Gasteiger partial charge in [-0.2, -0.15) is 4.98 Å². The first-order valence-electron chi connectivity index (χ1n) is 5.59. The highest BCUT2D eigenvalue weighted by Crippen LogP contribution is 2.13. The number of hydrogen-bond donors (Lipinski definition) is 1. The predicted molar refractivity (Wildman–Crippen MR) is 69.9 cm³/mol.